The predicted octanol–water partition coefficient (Wildman–Crippen LogP) is 3.53. The molecular weight excluding hydrogens is 160 g/mol. The average molecular weight is 180 g/mol. The smallest absolute Gasteiger partial charge is 0.0850 e. The lowest BCUT2D eigenvalue weighted by Gasteiger charge is -1.93. The van der Waals surface area contributed by atoms with Gasteiger partial charge in [0, 0.05) is 0 Å². The van der Waals surface area contributed by atoms with Crippen LogP contribution >= 0.6 is 0 Å². The zero-order chi connectivity index (χ0) is 10.1. The number of para-hydroxylation sites is 2. The highest BCUT2D eigenvalue weighted by Crippen LogP contribution is 2.23. The summed E-state index contributed by atoms with van der Waals surface area (Å²) in [6.45, 7) is 8.86. The van der Waals surface area contributed by atoms with Crippen LogP contribution in [0.2, 0.25) is 0 Å². The third-order valence-corrected chi connectivity index (χ3v) is 1.48. The maximum Gasteiger partial charge on any atom is 0.0850 e. The van der Waals surface area contributed by atoms with Crippen LogP contribution in [0.5, 0.6) is 0 Å². The fraction of sp³-hybridized carbons (Fsp3) is 0.455. The molecule has 13 heavy (non-hydrogen) atoms. The van der Waals surface area contributed by atoms with Crippen molar-refractivity contribution in [2.45, 2.75) is 27.7 Å². The second-order valence-electron chi connectivity index (χ2n) is 2.08. The van der Waals surface area contributed by atoms with Crippen molar-refractivity contribution >= 4 is 11.4 Å². The quantitative estimate of drug-likeness (QED) is 0.638. The van der Waals surface area contributed by atoms with Gasteiger partial charge >= 0.3 is 0 Å². The van der Waals surface area contributed by atoms with Gasteiger partial charge in [-0.3, -0.25) is 0 Å². The molecule has 74 valence electrons. The first-order valence-electron chi connectivity index (χ1n) is 5.03. The van der Waals surface area contributed by atoms with Crippen molar-refractivity contribution in [2.75, 3.05) is 17.3 Å². The maximum atomic E-state index is 3.19. The van der Waals surface area contributed by atoms with Gasteiger partial charge in [0.2, 0.25) is 0 Å². The number of hydrogen-bond acceptors (Lipinski definition) is 2. The third-order valence-electron chi connectivity index (χ3n) is 1.48. The summed E-state index contributed by atoms with van der Waals surface area (Å²) >= 11 is 0. The van der Waals surface area contributed by atoms with Crippen LogP contribution in [-0.2, 0) is 0 Å². The Bertz CT molecular complexity index is 198. The number of benzene rings is 1. The Morgan fingerprint density at radius 2 is 1.23 bits per heavy atom. The van der Waals surface area contributed by atoms with Gasteiger partial charge in [-0.1, -0.05) is 39.8 Å². The van der Waals surface area contributed by atoms with E-state index in [9.17, 15) is 0 Å². The van der Waals surface area contributed by atoms with E-state index in [-0.39, 0.29) is 0 Å². The van der Waals surface area contributed by atoms with Crippen LogP contribution in [0, 0.1) is 0 Å². The molecule has 1 aliphatic rings. The summed E-state index contributed by atoms with van der Waals surface area (Å²) in [4.78, 5) is 0. The number of fused-ring (bicyclic) bond motifs is 1. The largest absolute Gasteiger partial charge is 0.366 e. The number of hydrogen-bond donors (Lipinski definition) is 2. The van der Waals surface area contributed by atoms with E-state index in [4.69, 9.17) is 0 Å². The summed E-state index contributed by atoms with van der Waals surface area (Å²) in [7, 11) is 0. The minimum Gasteiger partial charge on any atom is -0.366 e. The monoisotopic (exact) mass is 180 g/mol. The molecule has 1 aliphatic heterocycles. The van der Waals surface area contributed by atoms with E-state index in [1.165, 1.54) is 11.4 Å². The van der Waals surface area contributed by atoms with Gasteiger partial charge in [0.1, 0.15) is 0 Å². The van der Waals surface area contributed by atoms with Crippen molar-refractivity contribution in [1.29, 1.82) is 0 Å². The van der Waals surface area contributed by atoms with Crippen LogP contribution < -0.4 is 10.6 Å². The van der Waals surface area contributed by atoms with Gasteiger partial charge in [-0.05, 0) is 12.1 Å². The molecule has 0 atom stereocenters. The zero-order valence-corrected chi connectivity index (χ0v) is 9.02. The van der Waals surface area contributed by atoms with Crippen LogP contribution in [-0.4, -0.2) is 6.67 Å². The molecule has 0 amide bonds. The first kappa shape index (κ1) is 11.8. The lowest BCUT2D eigenvalue weighted by Crippen LogP contribution is -1.98. The molecule has 2 rings (SSSR count). The molecule has 2 heteroatoms. The van der Waals surface area contributed by atoms with Gasteiger partial charge in [0.05, 0.1) is 18.0 Å². The Labute approximate surface area is 81.4 Å². The van der Waals surface area contributed by atoms with Crippen molar-refractivity contribution in [3.8, 4) is 0 Å². The van der Waals surface area contributed by atoms with E-state index in [1.54, 1.807) is 0 Å². The Kier molecular flexibility index (Phi) is 6.79. The van der Waals surface area contributed by atoms with E-state index in [1.807, 2.05) is 39.8 Å². The van der Waals surface area contributed by atoms with E-state index in [0.29, 0.717) is 0 Å². The fourth-order valence-electron chi connectivity index (χ4n) is 1.03. The normalized spacial score (nSPS) is 10.5. The molecule has 0 radical (unpaired) electrons. The minimum absolute atomic E-state index is 0.860. The molecule has 0 bridgehead atoms. The van der Waals surface area contributed by atoms with Crippen LogP contribution in [0.4, 0.5) is 11.4 Å². The Balaban J connectivity index is 0.000000322. The molecule has 0 saturated heterocycles. The first-order chi connectivity index (χ1) is 6.47. The lowest BCUT2D eigenvalue weighted by atomic mass is 10.3. The van der Waals surface area contributed by atoms with Crippen LogP contribution in [0.15, 0.2) is 24.3 Å². The Morgan fingerprint density at radius 1 is 0.846 bits per heavy atom. The molecule has 2 N–H and O–H groups in total. The molecule has 0 saturated carbocycles. The number of nitrogens with one attached hydrogen (secondary N) is 2. The molecule has 1 heterocycles. The summed E-state index contributed by atoms with van der Waals surface area (Å²) < 4.78 is 0. The molecule has 2 nitrogen and oxygen atoms in total. The van der Waals surface area contributed by atoms with Gasteiger partial charge in [0.25, 0.3) is 0 Å². The van der Waals surface area contributed by atoms with Crippen molar-refractivity contribution in [3.05, 3.63) is 24.3 Å². The summed E-state index contributed by atoms with van der Waals surface area (Å²) in [6, 6.07) is 8.18. The summed E-state index contributed by atoms with van der Waals surface area (Å²) in [5.41, 5.74) is 2.41. The topological polar surface area (TPSA) is 24.1 Å². The highest BCUT2D eigenvalue weighted by atomic mass is 15.1. The van der Waals surface area contributed by atoms with Gasteiger partial charge in [-0.15, -0.1) is 0 Å². The first-order valence-corrected chi connectivity index (χ1v) is 5.03. The van der Waals surface area contributed by atoms with Crippen molar-refractivity contribution < 1.29 is 0 Å². The fourth-order valence-corrected chi connectivity index (χ4v) is 1.03. The predicted molar refractivity (Wildman–Crippen MR) is 61.3 cm³/mol. The Morgan fingerprint density at radius 3 is 1.62 bits per heavy atom. The highest BCUT2D eigenvalue weighted by molar-refractivity contribution is 5.72. The number of rotatable bonds is 0. The summed E-state index contributed by atoms with van der Waals surface area (Å²) in [5, 5.41) is 6.38. The Hall–Kier alpha value is -1.18. The van der Waals surface area contributed by atoms with Crippen LogP contribution in [0.3, 0.4) is 0 Å². The average Bonchev–Trinajstić information content (AvgIpc) is 2.71. The second kappa shape index (κ2) is 7.47. The molecular formula is C11H20N2. The molecule has 0 spiro atoms. The highest BCUT2D eigenvalue weighted by Gasteiger charge is 2.04. The van der Waals surface area contributed by atoms with E-state index in [2.05, 4.69) is 22.8 Å². The van der Waals surface area contributed by atoms with Crippen molar-refractivity contribution in [2.24, 2.45) is 0 Å². The van der Waals surface area contributed by atoms with Gasteiger partial charge in [-0.2, -0.15) is 0 Å². The number of anilines is 2. The van der Waals surface area contributed by atoms with Crippen molar-refractivity contribution in [1.82, 2.24) is 0 Å². The summed E-state index contributed by atoms with van der Waals surface area (Å²) in [5.74, 6) is 0. The zero-order valence-electron chi connectivity index (χ0n) is 9.02. The van der Waals surface area contributed by atoms with Crippen LogP contribution in [0.1, 0.15) is 27.7 Å². The van der Waals surface area contributed by atoms with Gasteiger partial charge in [0.15, 0.2) is 0 Å². The molecule has 0 aliphatic carbocycles. The molecule has 0 aromatic heterocycles. The standard InChI is InChI=1S/C7H8N2.2C2H6/c1-2-4-7-6(3-1)8-5-9-7;2*1-2/h1-4,8-9H,5H2;2*1-2H3. The van der Waals surface area contributed by atoms with Gasteiger partial charge < -0.3 is 10.6 Å². The molecule has 1 aromatic carbocycles. The maximum absolute atomic E-state index is 3.19. The molecule has 0 fully saturated rings. The summed E-state index contributed by atoms with van der Waals surface area (Å²) in [6.07, 6.45) is 0. The SMILES string of the molecule is CC.CC.c1ccc2c(c1)NCN2. The minimum atomic E-state index is 0.860. The molecule has 0 unspecified atom stereocenters. The van der Waals surface area contributed by atoms with Gasteiger partial charge in [-0.25, -0.2) is 0 Å². The van der Waals surface area contributed by atoms with Crippen LogP contribution in [0.25, 0.3) is 0 Å². The van der Waals surface area contributed by atoms with Crippen molar-refractivity contribution in [3.63, 3.8) is 0 Å². The lowest BCUT2D eigenvalue weighted by molar-refractivity contribution is 1.31. The third kappa shape index (κ3) is 3.36. The molecule has 1 aromatic rings. The second-order valence-corrected chi connectivity index (χ2v) is 2.08. The van der Waals surface area contributed by atoms with E-state index >= 15 is 0 Å². The van der Waals surface area contributed by atoms with E-state index in [0.717, 1.165) is 6.67 Å². The van der Waals surface area contributed by atoms with E-state index < -0.39 is 0 Å².